The van der Waals surface area contributed by atoms with Crippen LogP contribution in [0.2, 0.25) is 0 Å². The summed E-state index contributed by atoms with van der Waals surface area (Å²) in [6.07, 6.45) is 1.57. The normalized spacial score (nSPS) is 15.2. The number of hydrogen-bond donors (Lipinski definition) is 5. The number of hydrogen-bond acceptors (Lipinski definition) is 7. The molecular formula is C19H25BN4O4. The monoisotopic (exact) mass is 384 g/mol. The molecule has 1 aliphatic heterocycles. The first-order valence-corrected chi connectivity index (χ1v) is 9.32. The minimum Gasteiger partial charge on any atom is -0.507 e. The number of nitrogens with one attached hydrogen (secondary N) is 2. The average molecular weight is 384 g/mol. The lowest BCUT2D eigenvalue weighted by Gasteiger charge is -2.28. The van der Waals surface area contributed by atoms with E-state index < -0.39 is 19.0 Å². The fourth-order valence-electron chi connectivity index (χ4n) is 3.21. The second-order valence-electron chi connectivity index (χ2n) is 6.92. The van der Waals surface area contributed by atoms with Crippen molar-refractivity contribution in [1.29, 1.82) is 0 Å². The topological polar surface area (TPSA) is 118 Å². The lowest BCUT2D eigenvalue weighted by molar-refractivity contribution is 0.0941. The molecule has 0 unspecified atom stereocenters. The highest BCUT2D eigenvalue weighted by Gasteiger charge is 2.27. The number of anilines is 1. The van der Waals surface area contributed by atoms with Crippen molar-refractivity contribution >= 4 is 18.8 Å². The highest BCUT2D eigenvalue weighted by atomic mass is 16.4. The quantitative estimate of drug-likeness (QED) is 0.440. The van der Waals surface area contributed by atoms with Crippen LogP contribution in [0.3, 0.4) is 0 Å². The van der Waals surface area contributed by atoms with Gasteiger partial charge in [0.25, 0.3) is 5.91 Å². The molecule has 28 heavy (non-hydrogen) atoms. The number of phenolic OH excluding ortho intramolecular Hbond substituents is 1. The van der Waals surface area contributed by atoms with Crippen LogP contribution in [0.15, 0.2) is 36.5 Å². The molecular weight excluding hydrogens is 359 g/mol. The van der Waals surface area contributed by atoms with E-state index in [4.69, 9.17) is 0 Å². The van der Waals surface area contributed by atoms with Gasteiger partial charge >= 0.3 is 7.12 Å². The SMILES string of the molecule is Cc1cccc(C[C@H](NC(=O)c2ccc(N3CCNCC3)nc2)B(O)O)c1O. The summed E-state index contributed by atoms with van der Waals surface area (Å²) >= 11 is 0. The molecule has 2 aromatic rings. The summed E-state index contributed by atoms with van der Waals surface area (Å²) in [5.41, 5.74) is 1.55. The Balaban J connectivity index is 1.67. The van der Waals surface area contributed by atoms with Gasteiger partial charge in [-0.25, -0.2) is 4.98 Å². The number of carbonyl (C=O) groups is 1. The molecule has 1 saturated heterocycles. The molecule has 5 N–H and O–H groups in total. The first kappa shape index (κ1) is 20.1. The van der Waals surface area contributed by atoms with Gasteiger partial charge in [0.1, 0.15) is 11.6 Å². The van der Waals surface area contributed by atoms with Gasteiger partial charge in [-0.2, -0.15) is 0 Å². The van der Waals surface area contributed by atoms with Crippen molar-refractivity contribution in [3.63, 3.8) is 0 Å². The number of piperazine rings is 1. The minimum atomic E-state index is -1.77. The maximum atomic E-state index is 12.5. The van der Waals surface area contributed by atoms with E-state index in [-0.39, 0.29) is 12.2 Å². The van der Waals surface area contributed by atoms with Crippen LogP contribution in [0.1, 0.15) is 21.5 Å². The number of benzene rings is 1. The van der Waals surface area contributed by atoms with Crippen molar-refractivity contribution in [2.75, 3.05) is 31.1 Å². The predicted molar refractivity (Wildman–Crippen MR) is 107 cm³/mol. The van der Waals surface area contributed by atoms with E-state index in [0.717, 1.165) is 32.0 Å². The van der Waals surface area contributed by atoms with Gasteiger partial charge in [0.15, 0.2) is 0 Å². The molecule has 0 saturated carbocycles. The van der Waals surface area contributed by atoms with E-state index in [1.807, 2.05) is 0 Å². The van der Waals surface area contributed by atoms with E-state index in [9.17, 15) is 19.9 Å². The molecule has 1 aromatic carbocycles. The highest BCUT2D eigenvalue weighted by molar-refractivity contribution is 6.43. The van der Waals surface area contributed by atoms with Gasteiger partial charge < -0.3 is 30.7 Å². The largest absolute Gasteiger partial charge is 0.507 e. The second-order valence-corrected chi connectivity index (χ2v) is 6.92. The summed E-state index contributed by atoms with van der Waals surface area (Å²) in [4.78, 5) is 19.0. The number of rotatable bonds is 6. The third kappa shape index (κ3) is 4.80. The molecule has 9 heteroatoms. The standard InChI is InChI=1S/C19H25BN4O4/c1-13-3-2-4-14(18(13)25)11-16(20(27)28)23-19(26)15-5-6-17(22-12-15)24-9-7-21-8-10-24/h2-6,12,16,21,25,27-28H,7-11H2,1H3,(H,23,26)/t16-/m0/s1. The lowest BCUT2D eigenvalue weighted by atomic mass is 9.75. The van der Waals surface area contributed by atoms with Crippen LogP contribution >= 0.6 is 0 Å². The first-order chi connectivity index (χ1) is 13.5. The molecule has 1 fully saturated rings. The van der Waals surface area contributed by atoms with Crippen molar-refractivity contribution in [3.8, 4) is 5.75 Å². The summed E-state index contributed by atoms with van der Waals surface area (Å²) in [5, 5.41) is 35.4. The zero-order valence-electron chi connectivity index (χ0n) is 15.8. The van der Waals surface area contributed by atoms with Crippen LogP contribution in [0.25, 0.3) is 0 Å². The van der Waals surface area contributed by atoms with Crippen molar-refractivity contribution in [1.82, 2.24) is 15.6 Å². The maximum absolute atomic E-state index is 12.5. The molecule has 1 aliphatic rings. The third-order valence-corrected chi connectivity index (χ3v) is 4.89. The molecule has 0 radical (unpaired) electrons. The summed E-state index contributed by atoms with van der Waals surface area (Å²) in [7, 11) is -1.77. The summed E-state index contributed by atoms with van der Waals surface area (Å²) in [6.45, 7) is 5.26. The highest BCUT2D eigenvalue weighted by Crippen LogP contribution is 2.23. The zero-order valence-corrected chi connectivity index (χ0v) is 15.8. The van der Waals surface area contributed by atoms with Gasteiger partial charge in [0, 0.05) is 32.4 Å². The number of amides is 1. The molecule has 0 aliphatic carbocycles. The third-order valence-electron chi connectivity index (χ3n) is 4.89. The number of aromatic nitrogens is 1. The van der Waals surface area contributed by atoms with Crippen LogP contribution < -0.4 is 15.5 Å². The fourth-order valence-corrected chi connectivity index (χ4v) is 3.21. The summed E-state index contributed by atoms with van der Waals surface area (Å²) in [6, 6.07) is 8.68. The summed E-state index contributed by atoms with van der Waals surface area (Å²) < 4.78 is 0. The van der Waals surface area contributed by atoms with Gasteiger partial charge in [-0.15, -0.1) is 0 Å². The van der Waals surface area contributed by atoms with Gasteiger partial charge in [-0.1, -0.05) is 18.2 Å². The summed E-state index contributed by atoms with van der Waals surface area (Å²) in [5.74, 6) is -0.524. The van der Waals surface area contributed by atoms with Gasteiger partial charge in [0.2, 0.25) is 0 Å². The fraction of sp³-hybridized carbons (Fsp3) is 0.368. The van der Waals surface area contributed by atoms with Gasteiger partial charge in [0.05, 0.1) is 11.5 Å². The molecule has 148 valence electrons. The molecule has 0 bridgehead atoms. The van der Waals surface area contributed by atoms with E-state index >= 15 is 0 Å². The molecule has 3 rings (SSSR count). The van der Waals surface area contributed by atoms with Crippen molar-refractivity contribution in [3.05, 3.63) is 53.2 Å². The maximum Gasteiger partial charge on any atom is 0.475 e. The Kier molecular flexibility index (Phi) is 6.51. The van der Waals surface area contributed by atoms with E-state index in [2.05, 4.69) is 20.5 Å². The van der Waals surface area contributed by atoms with Crippen molar-refractivity contribution in [2.24, 2.45) is 0 Å². The van der Waals surface area contributed by atoms with Gasteiger partial charge in [-0.05, 0) is 36.6 Å². The number of aromatic hydroxyl groups is 1. The predicted octanol–water partition coefficient (Wildman–Crippen LogP) is -0.142. The molecule has 1 amide bonds. The minimum absolute atomic E-state index is 0.0865. The van der Waals surface area contributed by atoms with Gasteiger partial charge in [-0.3, -0.25) is 4.79 Å². The van der Waals surface area contributed by atoms with Crippen LogP contribution in [-0.2, 0) is 6.42 Å². The Bertz CT molecular complexity index is 810. The number of pyridine rings is 1. The second kappa shape index (κ2) is 9.05. The number of phenols is 1. The average Bonchev–Trinajstić information content (AvgIpc) is 2.71. The molecule has 8 nitrogen and oxygen atoms in total. The Morgan fingerprint density at radius 1 is 1.29 bits per heavy atom. The molecule has 1 aromatic heterocycles. The number of nitrogens with zero attached hydrogens (tertiary/aromatic N) is 2. The Hall–Kier alpha value is -2.62. The lowest BCUT2D eigenvalue weighted by Crippen LogP contribution is -2.48. The van der Waals surface area contributed by atoms with Crippen molar-refractivity contribution < 1.29 is 19.9 Å². The smallest absolute Gasteiger partial charge is 0.475 e. The van der Waals surface area contributed by atoms with E-state index in [1.165, 1.54) is 6.20 Å². The number of aryl methyl sites for hydroxylation is 1. The molecule has 2 heterocycles. The Morgan fingerprint density at radius 3 is 2.68 bits per heavy atom. The Labute approximate surface area is 164 Å². The van der Waals surface area contributed by atoms with Crippen LogP contribution in [0.5, 0.6) is 5.75 Å². The number of para-hydroxylation sites is 1. The Morgan fingerprint density at radius 2 is 2.04 bits per heavy atom. The zero-order chi connectivity index (χ0) is 20.1. The molecule has 0 spiro atoms. The van der Waals surface area contributed by atoms with E-state index in [0.29, 0.717) is 16.7 Å². The van der Waals surface area contributed by atoms with Crippen molar-refractivity contribution in [2.45, 2.75) is 19.3 Å². The van der Waals surface area contributed by atoms with Crippen LogP contribution in [0, 0.1) is 6.92 Å². The van der Waals surface area contributed by atoms with E-state index in [1.54, 1.807) is 37.3 Å². The van der Waals surface area contributed by atoms with Crippen LogP contribution in [-0.4, -0.2) is 65.3 Å². The van der Waals surface area contributed by atoms with Crippen LogP contribution in [0.4, 0.5) is 5.82 Å². The number of carbonyl (C=O) groups excluding carboxylic acids is 1. The first-order valence-electron chi connectivity index (χ1n) is 9.32. The molecule has 1 atom stereocenters.